The van der Waals surface area contributed by atoms with Crippen LogP contribution in [0, 0.1) is 6.92 Å². The van der Waals surface area contributed by atoms with E-state index in [0.29, 0.717) is 14.6 Å². The summed E-state index contributed by atoms with van der Waals surface area (Å²) < 4.78 is 30.5. The van der Waals surface area contributed by atoms with Gasteiger partial charge in [-0.1, -0.05) is 15.9 Å². The Labute approximate surface area is 155 Å². The summed E-state index contributed by atoms with van der Waals surface area (Å²) in [4.78, 5) is 0.152. The molecule has 0 fully saturated rings. The average molecular weight is 473 g/mol. The van der Waals surface area contributed by atoms with Gasteiger partial charge in [0.15, 0.2) is 0 Å². The molecule has 1 heterocycles. The van der Waals surface area contributed by atoms with Crippen molar-refractivity contribution in [2.24, 2.45) is 0 Å². The topological polar surface area (TPSA) is 89.8 Å². The van der Waals surface area contributed by atoms with Gasteiger partial charge in [0.1, 0.15) is 11.2 Å². The van der Waals surface area contributed by atoms with E-state index in [-0.39, 0.29) is 4.90 Å². The van der Waals surface area contributed by atoms with Crippen LogP contribution in [0.3, 0.4) is 0 Å². The Morgan fingerprint density at radius 1 is 1.12 bits per heavy atom. The summed E-state index contributed by atoms with van der Waals surface area (Å²) in [5.74, 6) is 0. The summed E-state index contributed by atoms with van der Waals surface area (Å²) in [6, 6.07) is 10.1. The standard InChI is InChI=1S/C14H11Br2N5O2S/c1-9-6-11(3-5-13(9)21-8-17-19-20-21)18-24(22,23)14-7-10(15)2-4-12(14)16/h2-8,18H,1H3. The number of anilines is 1. The van der Waals surface area contributed by atoms with E-state index in [2.05, 4.69) is 52.1 Å². The summed E-state index contributed by atoms with van der Waals surface area (Å²) in [6.07, 6.45) is 1.48. The quantitative estimate of drug-likeness (QED) is 0.629. The maximum atomic E-state index is 12.6. The molecule has 0 radical (unpaired) electrons. The molecule has 0 atom stereocenters. The van der Waals surface area contributed by atoms with Gasteiger partial charge in [0.05, 0.1) is 5.69 Å². The third-order valence-electron chi connectivity index (χ3n) is 3.23. The Morgan fingerprint density at radius 3 is 2.58 bits per heavy atom. The van der Waals surface area contributed by atoms with Crippen molar-refractivity contribution < 1.29 is 8.42 Å². The maximum absolute atomic E-state index is 12.6. The van der Waals surface area contributed by atoms with Crippen LogP contribution >= 0.6 is 31.9 Å². The van der Waals surface area contributed by atoms with Gasteiger partial charge >= 0.3 is 0 Å². The molecule has 7 nitrogen and oxygen atoms in total. The van der Waals surface area contributed by atoms with Gasteiger partial charge in [0, 0.05) is 14.6 Å². The largest absolute Gasteiger partial charge is 0.280 e. The van der Waals surface area contributed by atoms with E-state index >= 15 is 0 Å². The highest BCUT2D eigenvalue weighted by Gasteiger charge is 2.18. The van der Waals surface area contributed by atoms with E-state index in [1.54, 1.807) is 30.3 Å². The zero-order valence-electron chi connectivity index (χ0n) is 12.3. The Balaban J connectivity index is 1.93. The fraction of sp³-hybridized carbons (Fsp3) is 0.0714. The van der Waals surface area contributed by atoms with E-state index < -0.39 is 10.0 Å². The van der Waals surface area contributed by atoms with Gasteiger partial charge in [0.25, 0.3) is 10.0 Å². The van der Waals surface area contributed by atoms with Gasteiger partial charge in [-0.25, -0.2) is 13.1 Å². The van der Waals surface area contributed by atoms with Crippen molar-refractivity contribution in [2.75, 3.05) is 4.72 Å². The number of halogens is 2. The smallest absolute Gasteiger partial charge is 0.263 e. The highest BCUT2D eigenvalue weighted by atomic mass is 79.9. The summed E-state index contributed by atoms with van der Waals surface area (Å²) in [5, 5.41) is 11.0. The number of aryl methyl sites for hydroxylation is 1. The third-order valence-corrected chi connectivity index (χ3v) is 6.10. The van der Waals surface area contributed by atoms with Crippen molar-refractivity contribution in [3.63, 3.8) is 0 Å². The molecule has 124 valence electrons. The summed E-state index contributed by atoms with van der Waals surface area (Å²) in [7, 11) is -3.72. The molecule has 0 amide bonds. The lowest BCUT2D eigenvalue weighted by Crippen LogP contribution is -2.14. The Bertz CT molecular complexity index is 990. The van der Waals surface area contributed by atoms with Crippen molar-refractivity contribution >= 4 is 47.6 Å². The molecule has 0 aliphatic carbocycles. The number of nitrogens with one attached hydrogen (secondary N) is 1. The monoisotopic (exact) mass is 471 g/mol. The van der Waals surface area contributed by atoms with Gasteiger partial charge < -0.3 is 0 Å². The first-order chi connectivity index (χ1) is 11.4. The van der Waals surface area contributed by atoms with Crippen molar-refractivity contribution in [3.8, 4) is 5.69 Å². The van der Waals surface area contributed by atoms with Crippen LogP contribution in [-0.4, -0.2) is 28.6 Å². The molecule has 3 rings (SSSR count). The lowest BCUT2D eigenvalue weighted by Gasteiger charge is -2.12. The van der Waals surface area contributed by atoms with E-state index in [1.165, 1.54) is 17.1 Å². The second kappa shape index (κ2) is 6.61. The van der Waals surface area contributed by atoms with Crippen LogP contribution in [0.2, 0.25) is 0 Å². The van der Waals surface area contributed by atoms with Gasteiger partial charge in [-0.3, -0.25) is 4.72 Å². The molecule has 0 saturated carbocycles. The molecule has 24 heavy (non-hydrogen) atoms. The molecule has 0 saturated heterocycles. The molecule has 3 aromatic rings. The normalized spacial score (nSPS) is 11.5. The fourth-order valence-corrected chi connectivity index (χ4v) is 4.69. The molecular formula is C14H11Br2N5O2S. The molecule has 0 unspecified atom stereocenters. The van der Waals surface area contributed by atoms with Crippen LogP contribution in [0.4, 0.5) is 5.69 Å². The van der Waals surface area contributed by atoms with Crippen molar-refractivity contribution in [3.05, 3.63) is 57.2 Å². The van der Waals surface area contributed by atoms with Crippen molar-refractivity contribution in [1.29, 1.82) is 0 Å². The lowest BCUT2D eigenvalue weighted by molar-refractivity contribution is 0.600. The van der Waals surface area contributed by atoms with Crippen LogP contribution in [0.15, 0.2) is 56.6 Å². The number of benzene rings is 2. The number of sulfonamides is 1. The predicted octanol–water partition coefficient (Wildman–Crippen LogP) is 3.30. The summed E-state index contributed by atoms with van der Waals surface area (Å²) in [6.45, 7) is 1.85. The van der Waals surface area contributed by atoms with Crippen LogP contribution in [0.25, 0.3) is 5.69 Å². The minimum Gasteiger partial charge on any atom is -0.280 e. The zero-order valence-corrected chi connectivity index (χ0v) is 16.3. The van der Waals surface area contributed by atoms with Gasteiger partial charge in [0.2, 0.25) is 0 Å². The molecule has 1 N–H and O–H groups in total. The molecule has 1 aromatic heterocycles. The molecule has 0 spiro atoms. The van der Waals surface area contributed by atoms with E-state index in [9.17, 15) is 8.42 Å². The molecule has 2 aromatic carbocycles. The van der Waals surface area contributed by atoms with Crippen LogP contribution in [0.5, 0.6) is 0 Å². The van der Waals surface area contributed by atoms with Gasteiger partial charge in [-0.15, -0.1) is 5.10 Å². The number of hydrogen-bond donors (Lipinski definition) is 1. The van der Waals surface area contributed by atoms with Crippen LogP contribution < -0.4 is 4.72 Å². The first-order valence-electron chi connectivity index (χ1n) is 6.69. The number of rotatable bonds is 4. The number of hydrogen-bond acceptors (Lipinski definition) is 5. The fourth-order valence-electron chi connectivity index (χ4n) is 2.14. The molecular weight excluding hydrogens is 462 g/mol. The minimum absolute atomic E-state index is 0.152. The van der Waals surface area contributed by atoms with Crippen LogP contribution in [-0.2, 0) is 10.0 Å². The maximum Gasteiger partial charge on any atom is 0.263 e. The SMILES string of the molecule is Cc1cc(NS(=O)(=O)c2cc(Br)ccc2Br)ccc1-n1cnnn1. The van der Waals surface area contributed by atoms with Crippen molar-refractivity contribution in [2.45, 2.75) is 11.8 Å². The summed E-state index contributed by atoms with van der Waals surface area (Å²) >= 11 is 6.55. The Kier molecular flexibility index (Phi) is 4.70. The minimum atomic E-state index is -3.72. The Hall–Kier alpha value is -1.78. The van der Waals surface area contributed by atoms with E-state index in [0.717, 1.165) is 11.3 Å². The van der Waals surface area contributed by atoms with Gasteiger partial charge in [-0.05, 0) is 75.2 Å². The second-order valence-electron chi connectivity index (χ2n) is 4.94. The van der Waals surface area contributed by atoms with Crippen LogP contribution in [0.1, 0.15) is 5.56 Å². The van der Waals surface area contributed by atoms with Crippen molar-refractivity contribution in [1.82, 2.24) is 20.2 Å². The number of aromatic nitrogens is 4. The molecule has 0 bridgehead atoms. The predicted molar refractivity (Wildman–Crippen MR) is 96.5 cm³/mol. The highest BCUT2D eigenvalue weighted by molar-refractivity contribution is 9.11. The Morgan fingerprint density at radius 2 is 1.92 bits per heavy atom. The number of nitrogens with zero attached hydrogens (tertiary/aromatic N) is 4. The van der Waals surface area contributed by atoms with E-state index in [4.69, 9.17) is 0 Å². The molecule has 10 heteroatoms. The second-order valence-corrected chi connectivity index (χ2v) is 8.36. The van der Waals surface area contributed by atoms with E-state index in [1.807, 2.05) is 6.92 Å². The first-order valence-corrected chi connectivity index (χ1v) is 9.75. The molecule has 0 aliphatic heterocycles. The zero-order chi connectivity index (χ0) is 17.3. The number of tetrazole rings is 1. The molecule has 0 aliphatic rings. The lowest BCUT2D eigenvalue weighted by atomic mass is 10.2. The average Bonchev–Trinajstić information content (AvgIpc) is 3.03. The summed E-state index contributed by atoms with van der Waals surface area (Å²) in [5.41, 5.74) is 2.05. The third kappa shape index (κ3) is 3.50. The van der Waals surface area contributed by atoms with Gasteiger partial charge in [-0.2, -0.15) is 0 Å². The highest BCUT2D eigenvalue weighted by Crippen LogP contribution is 2.28. The first kappa shape index (κ1) is 17.1.